The molecule has 2 unspecified atom stereocenters. The first kappa shape index (κ1) is 22.2. The van der Waals surface area contributed by atoms with Gasteiger partial charge in [-0.25, -0.2) is 4.39 Å². The number of nitro groups is 1. The van der Waals surface area contributed by atoms with Crippen LogP contribution in [0.1, 0.15) is 41.2 Å². The summed E-state index contributed by atoms with van der Waals surface area (Å²) >= 11 is 1.44. The zero-order valence-corrected chi connectivity index (χ0v) is 17.7. The van der Waals surface area contributed by atoms with E-state index in [0.717, 1.165) is 29.7 Å². The lowest BCUT2D eigenvalue weighted by Gasteiger charge is -2.18. The average Bonchev–Trinajstić information content (AvgIpc) is 3.21. The van der Waals surface area contributed by atoms with Crippen LogP contribution in [0.15, 0.2) is 47.4 Å². The Labute approximate surface area is 179 Å². The zero-order chi connectivity index (χ0) is 21.7. The van der Waals surface area contributed by atoms with Crippen LogP contribution in [-0.4, -0.2) is 41.6 Å². The average molecular weight is 433 g/mol. The predicted octanol–water partition coefficient (Wildman–Crippen LogP) is 3.92. The van der Waals surface area contributed by atoms with Gasteiger partial charge in [-0.15, -0.1) is 11.8 Å². The predicted molar refractivity (Wildman–Crippen MR) is 115 cm³/mol. The highest BCUT2D eigenvalue weighted by Gasteiger charge is 2.26. The van der Waals surface area contributed by atoms with Crippen molar-refractivity contribution in [2.75, 3.05) is 19.8 Å². The Balaban J connectivity index is 1.52. The van der Waals surface area contributed by atoms with Gasteiger partial charge in [0, 0.05) is 36.6 Å². The SMILES string of the molecule is CSc1ccc([N+](=O)[O-])c(C(=O)N(C)CCCC2CC(c3ccc(F)cc3)NN2)c1. The van der Waals surface area contributed by atoms with Gasteiger partial charge < -0.3 is 4.90 Å². The number of nitro benzene ring substituents is 1. The van der Waals surface area contributed by atoms with Gasteiger partial charge in [-0.05, 0) is 55.3 Å². The molecule has 3 rings (SSSR count). The molecule has 30 heavy (non-hydrogen) atoms. The molecule has 2 atom stereocenters. The fraction of sp³-hybridized carbons (Fsp3) is 0.381. The minimum absolute atomic E-state index is 0.117. The summed E-state index contributed by atoms with van der Waals surface area (Å²) in [4.78, 5) is 25.9. The minimum atomic E-state index is -0.519. The summed E-state index contributed by atoms with van der Waals surface area (Å²) in [6.07, 6.45) is 4.33. The van der Waals surface area contributed by atoms with Crippen LogP contribution in [-0.2, 0) is 0 Å². The second-order valence-corrected chi connectivity index (χ2v) is 8.21. The molecule has 0 aromatic heterocycles. The Bertz CT molecular complexity index is 910. The molecule has 1 saturated heterocycles. The summed E-state index contributed by atoms with van der Waals surface area (Å²) in [6.45, 7) is 0.499. The highest BCUT2D eigenvalue weighted by atomic mass is 32.2. The van der Waals surface area contributed by atoms with Crippen LogP contribution in [0.3, 0.4) is 0 Å². The summed E-state index contributed by atoms with van der Waals surface area (Å²) in [7, 11) is 1.67. The van der Waals surface area contributed by atoms with E-state index in [0.29, 0.717) is 6.54 Å². The lowest BCUT2D eigenvalue weighted by Crippen LogP contribution is -2.32. The highest BCUT2D eigenvalue weighted by molar-refractivity contribution is 7.98. The largest absolute Gasteiger partial charge is 0.341 e. The van der Waals surface area contributed by atoms with Crippen LogP contribution in [0.25, 0.3) is 0 Å². The number of rotatable bonds is 8. The Hall–Kier alpha value is -2.49. The quantitative estimate of drug-likeness (QED) is 0.374. The van der Waals surface area contributed by atoms with Gasteiger partial charge >= 0.3 is 0 Å². The lowest BCUT2D eigenvalue weighted by molar-refractivity contribution is -0.385. The highest BCUT2D eigenvalue weighted by Crippen LogP contribution is 2.27. The van der Waals surface area contributed by atoms with Gasteiger partial charge in [-0.3, -0.25) is 25.8 Å². The van der Waals surface area contributed by atoms with E-state index in [-0.39, 0.29) is 35.1 Å². The monoisotopic (exact) mass is 432 g/mol. The van der Waals surface area contributed by atoms with Crippen LogP contribution in [0.5, 0.6) is 0 Å². The van der Waals surface area contributed by atoms with E-state index >= 15 is 0 Å². The van der Waals surface area contributed by atoms with Crippen LogP contribution < -0.4 is 10.9 Å². The van der Waals surface area contributed by atoms with Crippen molar-refractivity contribution in [2.45, 2.75) is 36.2 Å². The number of hydrogen-bond donors (Lipinski definition) is 2. The Morgan fingerprint density at radius 3 is 2.67 bits per heavy atom. The maximum Gasteiger partial charge on any atom is 0.282 e. The molecule has 0 radical (unpaired) electrons. The normalized spacial score (nSPS) is 18.4. The molecule has 1 heterocycles. The first-order valence-corrected chi connectivity index (χ1v) is 11.0. The minimum Gasteiger partial charge on any atom is -0.341 e. The van der Waals surface area contributed by atoms with E-state index in [1.165, 1.54) is 34.9 Å². The molecular weight excluding hydrogens is 407 g/mol. The van der Waals surface area contributed by atoms with Crippen molar-refractivity contribution in [2.24, 2.45) is 0 Å². The maximum atomic E-state index is 13.1. The third-order valence-corrected chi connectivity index (χ3v) is 6.00. The van der Waals surface area contributed by atoms with Crippen molar-refractivity contribution >= 4 is 23.4 Å². The van der Waals surface area contributed by atoms with Crippen molar-refractivity contribution < 1.29 is 14.1 Å². The van der Waals surface area contributed by atoms with E-state index in [4.69, 9.17) is 0 Å². The third-order valence-electron chi connectivity index (χ3n) is 5.28. The molecule has 160 valence electrons. The fourth-order valence-electron chi connectivity index (χ4n) is 3.58. The number of nitrogens with one attached hydrogen (secondary N) is 2. The smallest absolute Gasteiger partial charge is 0.282 e. The molecule has 0 bridgehead atoms. The van der Waals surface area contributed by atoms with Crippen molar-refractivity contribution in [1.82, 2.24) is 15.8 Å². The van der Waals surface area contributed by atoms with Gasteiger partial charge in [0.2, 0.25) is 0 Å². The molecule has 1 fully saturated rings. The number of hydrazine groups is 1. The molecule has 1 aliphatic heterocycles. The van der Waals surface area contributed by atoms with E-state index in [1.807, 2.05) is 6.26 Å². The van der Waals surface area contributed by atoms with Gasteiger partial charge in [0.25, 0.3) is 11.6 Å². The van der Waals surface area contributed by atoms with E-state index < -0.39 is 4.92 Å². The Morgan fingerprint density at radius 2 is 2.00 bits per heavy atom. The summed E-state index contributed by atoms with van der Waals surface area (Å²) in [5, 5.41) is 11.3. The standard InChI is InChI=1S/C21H25FN4O3S/c1-25(21(27)18-13-17(30-2)9-10-20(18)26(28)29)11-3-4-16-12-19(24-23-16)14-5-7-15(22)8-6-14/h5-10,13,16,19,23-24H,3-4,11-12H2,1-2H3. The Kier molecular flexibility index (Phi) is 7.41. The summed E-state index contributed by atoms with van der Waals surface area (Å²) in [5.74, 6) is -0.600. The number of benzene rings is 2. The number of halogens is 1. The van der Waals surface area contributed by atoms with Crippen molar-refractivity contribution in [1.29, 1.82) is 0 Å². The number of thioether (sulfide) groups is 1. The molecular formula is C21H25FN4O3S. The molecule has 0 saturated carbocycles. The summed E-state index contributed by atoms with van der Waals surface area (Å²) in [5.41, 5.74) is 7.46. The van der Waals surface area contributed by atoms with E-state index in [2.05, 4.69) is 10.9 Å². The van der Waals surface area contributed by atoms with Crippen LogP contribution in [0.2, 0.25) is 0 Å². The van der Waals surface area contributed by atoms with Crippen molar-refractivity contribution in [3.8, 4) is 0 Å². The summed E-state index contributed by atoms with van der Waals surface area (Å²) < 4.78 is 13.1. The molecule has 2 aromatic rings. The second-order valence-electron chi connectivity index (χ2n) is 7.33. The molecule has 1 amide bonds. The molecule has 0 aliphatic carbocycles. The third kappa shape index (κ3) is 5.35. The lowest BCUT2D eigenvalue weighted by atomic mass is 9.99. The molecule has 1 aliphatic rings. The maximum absolute atomic E-state index is 13.1. The number of amides is 1. The molecule has 7 nitrogen and oxygen atoms in total. The molecule has 9 heteroatoms. The van der Waals surface area contributed by atoms with Gasteiger partial charge in [0.1, 0.15) is 11.4 Å². The first-order chi connectivity index (χ1) is 14.4. The van der Waals surface area contributed by atoms with Gasteiger partial charge in [0.15, 0.2) is 0 Å². The molecule has 0 spiro atoms. The van der Waals surface area contributed by atoms with Crippen LogP contribution in [0, 0.1) is 15.9 Å². The van der Waals surface area contributed by atoms with Crippen LogP contribution >= 0.6 is 11.8 Å². The second kappa shape index (κ2) is 10.0. The van der Waals surface area contributed by atoms with Crippen molar-refractivity contribution in [3.63, 3.8) is 0 Å². The number of carbonyl (C=O) groups is 1. The van der Waals surface area contributed by atoms with Gasteiger partial charge in [-0.2, -0.15) is 0 Å². The topological polar surface area (TPSA) is 87.5 Å². The molecule has 2 aromatic carbocycles. The van der Waals surface area contributed by atoms with Crippen molar-refractivity contribution in [3.05, 3.63) is 69.5 Å². The molecule has 2 N–H and O–H groups in total. The van der Waals surface area contributed by atoms with Gasteiger partial charge in [0.05, 0.1) is 4.92 Å². The summed E-state index contributed by atoms with van der Waals surface area (Å²) in [6, 6.07) is 11.4. The first-order valence-electron chi connectivity index (χ1n) is 9.73. The van der Waals surface area contributed by atoms with Crippen LogP contribution in [0.4, 0.5) is 10.1 Å². The zero-order valence-electron chi connectivity index (χ0n) is 16.9. The van der Waals surface area contributed by atoms with E-state index in [9.17, 15) is 19.3 Å². The van der Waals surface area contributed by atoms with E-state index in [1.54, 1.807) is 31.3 Å². The van der Waals surface area contributed by atoms with Gasteiger partial charge in [-0.1, -0.05) is 12.1 Å². The Morgan fingerprint density at radius 1 is 1.27 bits per heavy atom. The number of hydrogen-bond acceptors (Lipinski definition) is 6. The fourth-order valence-corrected chi connectivity index (χ4v) is 4.02. The number of nitrogens with zero attached hydrogens (tertiary/aromatic N) is 2. The number of carbonyl (C=O) groups excluding carboxylic acids is 1.